The highest BCUT2D eigenvalue weighted by Crippen LogP contribution is 2.28. The van der Waals surface area contributed by atoms with Gasteiger partial charge in [0, 0.05) is 10.7 Å². The molecule has 14 heteroatoms. The second kappa shape index (κ2) is 10.4. The number of ether oxygens (including phenoxy) is 1. The lowest BCUT2D eigenvalue weighted by Crippen LogP contribution is -2.17. The average Bonchev–Trinajstić information content (AvgIpc) is 3.14. The number of nitrogens with one attached hydrogen (secondary N) is 2. The maximum absolute atomic E-state index is 12.3. The molecule has 2 amide bonds. The number of benzene rings is 2. The van der Waals surface area contributed by atoms with Gasteiger partial charge in [-0.05, 0) is 42.5 Å². The average molecular weight is 523 g/mol. The third kappa shape index (κ3) is 7.26. The number of thioether (sulfide) groups is 1. The Morgan fingerprint density at radius 3 is 2.44 bits per heavy atom. The smallest absolute Gasteiger partial charge is 0.406 e. The van der Waals surface area contributed by atoms with Crippen LogP contribution in [-0.4, -0.2) is 34.1 Å². The summed E-state index contributed by atoms with van der Waals surface area (Å²) in [5.74, 6) is -1.33. The molecule has 0 aliphatic heterocycles. The predicted octanol–water partition coefficient (Wildman–Crippen LogP) is 5.73. The highest BCUT2D eigenvalue weighted by Gasteiger charge is 2.31. The summed E-state index contributed by atoms with van der Waals surface area (Å²) < 4.78 is 40.7. The van der Waals surface area contributed by atoms with E-state index < -0.39 is 23.9 Å². The zero-order chi connectivity index (χ0) is 23.3. The van der Waals surface area contributed by atoms with Crippen LogP contribution in [0.25, 0.3) is 0 Å². The topological polar surface area (TPSA) is 93.2 Å². The monoisotopic (exact) mass is 522 g/mol. The maximum Gasteiger partial charge on any atom is 0.573 e. The van der Waals surface area contributed by atoms with E-state index in [0.717, 1.165) is 35.2 Å². The fraction of sp³-hybridized carbons (Fsp3) is 0.111. The Kier molecular flexibility index (Phi) is 7.82. The Balaban J connectivity index is 1.49. The SMILES string of the molecule is O=C(CSc1nnc(NC(=O)c2ccc(Cl)cc2Cl)s1)Nc1ccc(OC(F)(F)F)cc1. The van der Waals surface area contributed by atoms with Crippen molar-refractivity contribution in [2.75, 3.05) is 16.4 Å². The summed E-state index contributed by atoms with van der Waals surface area (Å²) >= 11 is 13.9. The summed E-state index contributed by atoms with van der Waals surface area (Å²) in [7, 11) is 0. The molecule has 0 aliphatic carbocycles. The maximum atomic E-state index is 12.3. The third-order valence-corrected chi connectivity index (χ3v) is 6.02. The van der Waals surface area contributed by atoms with E-state index in [-0.39, 0.29) is 21.5 Å². The molecule has 168 valence electrons. The number of aromatic nitrogens is 2. The first-order chi connectivity index (χ1) is 15.1. The first-order valence-electron chi connectivity index (χ1n) is 8.47. The van der Waals surface area contributed by atoms with Gasteiger partial charge in [-0.25, -0.2) is 0 Å². The van der Waals surface area contributed by atoms with Crippen molar-refractivity contribution in [1.82, 2.24) is 10.2 Å². The Hall–Kier alpha value is -2.54. The predicted molar refractivity (Wildman–Crippen MR) is 117 cm³/mol. The highest BCUT2D eigenvalue weighted by atomic mass is 35.5. The van der Waals surface area contributed by atoms with Crippen LogP contribution in [0.4, 0.5) is 24.0 Å². The number of amides is 2. The molecule has 0 spiro atoms. The van der Waals surface area contributed by atoms with E-state index in [1.807, 2.05) is 0 Å². The number of carbonyl (C=O) groups excluding carboxylic acids is 2. The van der Waals surface area contributed by atoms with E-state index in [1.54, 1.807) is 0 Å². The Bertz CT molecular complexity index is 1130. The molecule has 0 saturated heterocycles. The van der Waals surface area contributed by atoms with Gasteiger partial charge in [0.15, 0.2) is 4.34 Å². The van der Waals surface area contributed by atoms with Crippen molar-refractivity contribution in [2.45, 2.75) is 10.7 Å². The zero-order valence-corrected chi connectivity index (χ0v) is 18.7. The van der Waals surface area contributed by atoms with Gasteiger partial charge in [-0.2, -0.15) is 0 Å². The first-order valence-corrected chi connectivity index (χ1v) is 11.0. The minimum Gasteiger partial charge on any atom is -0.406 e. The minimum absolute atomic E-state index is 0.0353. The summed E-state index contributed by atoms with van der Waals surface area (Å²) in [6.45, 7) is 0. The van der Waals surface area contributed by atoms with Gasteiger partial charge < -0.3 is 10.1 Å². The standard InChI is InChI=1S/C18H11Cl2F3N4O3S2/c19-9-1-6-12(13(20)7-9)15(29)25-16-26-27-17(32-16)31-8-14(28)24-10-2-4-11(5-3-10)30-18(21,22)23/h1-7H,8H2,(H,24,28)(H,25,26,29). The van der Waals surface area contributed by atoms with Crippen molar-refractivity contribution in [3.05, 3.63) is 58.1 Å². The largest absolute Gasteiger partial charge is 0.573 e. The van der Waals surface area contributed by atoms with Gasteiger partial charge in [0.25, 0.3) is 5.91 Å². The summed E-state index contributed by atoms with van der Waals surface area (Å²) in [5, 5.41) is 13.6. The van der Waals surface area contributed by atoms with Crippen molar-refractivity contribution in [2.24, 2.45) is 0 Å². The minimum atomic E-state index is -4.79. The fourth-order valence-corrected chi connectivity index (χ4v) is 4.26. The number of alkyl halides is 3. The quantitative estimate of drug-likeness (QED) is 0.304. The van der Waals surface area contributed by atoms with Crippen LogP contribution in [0.1, 0.15) is 10.4 Å². The molecule has 3 aromatic rings. The molecular formula is C18H11Cl2F3N4O3S2. The lowest BCUT2D eigenvalue weighted by atomic mass is 10.2. The van der Waals surface area contributed by atoms with Gasteiger partial charge in [-0.1, -0.05) is 46.3 Å². The van der Waals surface area contributed by atoms with E-state index in [0.29, 0.717) is 15.0 Å². The molecule has 0 saturated carbocycles. The summed E-state index contributed by atoms with van der Waals surface area (Å²) in [5.41, 5.74) is 0.515. The first kappa shape index (κ1) is 24.1. The number of carbonyl (C=O) groups is 2. The molecule has 0 radical (unpaired) electrons. The molecule has 7 nitrogen and oxygen atoms in total. The Morgan fingerprint density at radius 1 is 1.06 bits per heavy atom. The lowest BCUT2D eigenvalue weighted by molar-refractivity contribution is -0.274. The van der Waals surface area contributed by atoms with Crippen LogP contribution >= 0.6 is 46.3 Å². The number of anilines is 2. The summed E-state index contributed by atoms with van der Waals surface area (Å²) in [6, 6.07) is 9.18. The second-order valence-electron chi connectivity index (χ2n) is 5.86. The number of rotatable bonds is 7. The number of nitrogens with zero attached hydrogens (tertiary/aromatic N) is 2. The van der Waals surface area contributed by atoms with E-state index in [2.05, 4.69) is 25.6 Å². The van der Waals surface area contributed by atoms with Crippen molar-refractivity contribution in [1.29, 1.82) is 0 Å². The van der Waals surface area contributed by atoms with Gasteiger partial charge in [-0.3, -0.25) is 14.9 Å². The molecule has 1 heterocycles. The van der Waals surface area contributed by atoms with Crippen molar-refractivity contribution >= 4 is 68.9 Å². The molecule has 0 bridgehead atoms. The molecule has 2 N–H and O–H groups in total. The second-order valence-corrected chi connectivity index (χ2v) is 8.90. The number of hydrogen-bond donors (Lipinski definition) is 2. The number of hydrogen-bond acceptors (Lipinski definition) is 7. The molecule has 0 atom stereocenters. The van der Waals surface area contributed by atoms with Crippen molar-refractivity contribution in [3.8, 4) is 5.75 Å². The molecule has 3 rings (SSSR count). The van der Waals surface area contributed by atoms with Gasteiger partial charge in [0.05, 0.1) is 16.3 Å². The van der Waals surface area contributed by atoms with Gasteiger partial charge >= 0.3 is 6.36 Å². The normalized spacial score (nSPS) is 11.2. The van der Waals surface area contributed by atoms with Crippen LogP contribution in [0.5, 0.6) is 5.75 Å². The van der Waals surface area contributed by atoms with Crippen LogP contribution in [0.3, 0.4) is 0 Å². The van der Waals surface area contributed by atoms with Gasteiger partial charge in [-0.15, -0.1) is 23.4 Å². The van der Waals surface area contributed by atoms with E-state index in [1.165, 1.54) is 30.3 Å². The van der Waals surface area contributed by atoms with Crippen LogP contribution in [0, 0.1) is 0 Å². The Labute approximate surface area is 197 Å². The lowest BCUT2D eigenvalue weighted by Gasteiger charge is -2.09. The van der Waals surface area contributed by atoms with E-state index in [9.17, 15) is 22.8 Å². The fourth-order valence-electron chi connectivity index (χ4n) is 2.22. The van der Waals surface area contributed by atoms with Gasteiger partial charge in [0.1, 0.15) is 5.75 Å². The van der Waals surface area contributed by atoms with E-state index in [4.69, 9.17) is 23.2 Å². The third-order valence-electron chi connectivity index (χ3n) is 3.50. The van der Waals surface area contributed by atoms with Crippen LogP contribution in [0.2, 0.25) is 10.0 Å². The van der Waals surface area contributed by atoms with Crippen LogP contribution in [0.15, 0.2) is 46.8 Å². The summed E-state index contributed by atoms with van der Waals surface area (Å²) in [4.78, 5) is 24.3. The van der Waals surface area contributed by atoms with E-state index >= 15 is 0 Å². The Morgan fingerprint density at radius 2 is 1.78 bits per heavy atom. The molecule has 32 heavy (non-hydrogen) atoms. The number of halogens is 5. The van der Waals surface area contributed by atoms with Crippen LogP contribution < -0.4 is 15.4 Å². The zero-order valence-electron chi connectivity index (χ0n) is 15.6. The van der Waals surface area contributed by atoms with Crippen molar-refractivity contribution in [3.63, 3.8) is 0 Å². The molecule has 0 aliphatic rings. The molecular weight excluding hydrogens is 512 g/mol. The van der Waals surface area contributed by atoms with Gasteiger partial charge in [0.2, 0.25) is 11.0 Å². The molecule has 0 unspecified atom stereocenters. The van der Waals surface area contributed by atoms with Crippen molar-refractivity contribution < 1.29 is 27.5 Å². The highest BCUT2D eigenvalue weighted by molar-refractivity contribution is 8.01. The molecule has 1 aromatic heterocycles. The molecule has 0 fully saturated rings. The van der Waals surface area contributed by atoms with Crippen LogP contribution in [-0.2, 0) is 4.79 Å². The molecule has 2 aromatic carbocycles. The summed E-state index contributed by atoms with van der Waals surface area (Å²) in [6.07, 6.45) is -4.79.